The highest BCUT2D eigenvalue weighted by Gasteiger charge is 2.09. The van der Waals surface area contributed by atoms with E-state index < -0.39 is 0 Å². The molecule has 0 fully saturated rings. The molecule has 0 aliphatic carbocycles. The quantitative estimate of drug-likeness (QED) is 0.677. The van der Waals surface area contributed by atoms with E-state index >= 15 is 0 Å². The van der Waals surface area contributed by atoms with Crippen LogP contribution in [0.3, 0.4) is 0 Å². The summed E-state index contributed by atoms with van der Waals surface area (Å²) < 4.78 is 0. The van der Waals surface area contributed by atoms with Crippen LogP contribution in [-0.2, 0) is 4.79 Å². The van der Waals surface area contributed by atoms with Crippen molar-refractivity contribution >= 4 is 46.0 Å². The van der Waals surface area contributed by atoms with Crippen LogP contribution < -0.4 is 5.32 Å². The zero-order valence-corrected chi connectivity index (χ0v) is 11.7. The van der Waals surface area contributed by atoms with Gasteiger partial charge >= 0.3 is 0 Å². The van der Waals surface area contributed by atoms with Gasteiger partial charge in [-0.2, -0.15) is 0 Å². The molecule has 1 aromatic heterocycles. The van der Waals surface area contributed by atoms with Crippen molar-refractivity contribution in [3.63, 3.8) is 0 Å². The lowest BCUT2D eigenvalue weighted by atomic mass is 10.2. The topological polar surface area (TPSA) is 54.9 Å². The zero-order chi connectivity index (χ0) is 13.7. The number of nitrogens with zero attached hydrogens (tertiary/aromatic N) is 2. The molecule has 100 valence electrons. The number of halogens is 2. The number of hydrogen-bond donors (Lipinski definition) is 1. The van der Waals surface area contributed by atoms with Gasteiger partial charge in [-0.3, -0.25) is 4.79 Å². The van der Waals surface area contributed by atoms with Crippen molar-refractivity contribution in [2.45, 2.75) is 19.3 Å². The SMILES string of the molecule is O=C(CCCCCl)Nc1nc2ccccc2nc1Cl. The fourth-order valence-corrected chi connectivity index (χ4v) is 2.00. The van der Waals surface area contributed by atoms with Crippen LogP contribution in [0.1, 0.15) is 19.3 Å². The molecule has 2 aromatic rings. The Kier molecular flexibility index (Phi) is 4.93. The molecule has 1 N–H and O–H groups in total. The number of hydrogen-bond acceptors (Lipinski definition) is 3. The van der Waals surface area contributed by atoms with E-state index in [9.17, 15) is 4.79 Å². The molecular formula is C13H13Cl2N3O. The fraction of sp³-hybridized carbons (Fsp3) is 0.308. The first kappa shape index (κ1) is 14.0. The minimum atomic E-state index is -0.128. The van der Waals surface area contributed by atoms with Crippen LogP contribution in [0.5, 0.6) is 0 Å². The third-order valence-corrected chi connectivity index (χ3v) is 3.10. The van der Waals surface area contributed by atoms with Crippen LogP contribution in [0.4, 0.5) is 5.82 Å². The second-order valence-corrected chi connectivity index (χ2v) is 4.78. The average Bonchev–Trinajstić information content (AvgIpc) is 2.40. The Morgan fingerprint density at radius 3 is 2.53 bits per heavy atom. The number of amides is 1. The largest absolute Gasteiger partial charge is 0.308 e. The molecule has 0 radical (unpaired) electrons. The van der Waals surface area contributed by atoms with E-state index in [2.05, 4.69) is 15.3 Å². The molecule has 19 heavy (non-hydrogen) atoms. The van der Waals surface area contributed by atoms with Crippen molar-refractivity contribution < 1.29 is 4.79 Å². The molecule has 0 spiro atoms. The number of anilines is 1. The Bertz CT molecular complexity index is 589. The van der Waals surface area contributed by atoms with E-state index in [4.69, 9.17) is 23.2 Å². The van der Waals surface area contributed by atoms with Crippen molar-refractivity contribution in [3.8, 4) is 0 Å². The van der Waals surface area contributed by atoms with Gasteiger partial charge in [-0.1, -0.05) is 23.7 Å². The number of benzene rings is 1. The van der Waals surface area contributed by atoms with E-state index in [0.29, 0.717) is 29.2 Å². The van der Waals surface area contributed by atoms with Gasteiger partial charge in [-0.15, -0.1) is 11.6 Å². The maximum atomic E-state index is 11.7. The van der Waals surface area contributed by atoms with E-state index in [0.717, 1.165) is 12.8 Å². The summed E-state index contributed by atoms with van der Waals surface area (Å²) in [5, 5.41) is 2.87. The third-order valence-electron chi connectivity index (χ3n) is 2.57. The van der Waals surface area contributed by atoms with Crippen LogP contribution in [0.2, 0.25) is 5.15 Å². The van der Waals surface area contributed by atoms with Crippen LogP contribution in [-0.4, -0.2) is 21.8 Å². The lowest BCUT2D eigenvalue weighted by Crippen LogP contribution is -2.13. The van der Waals surface area contributed by atoms with Crippen LogP contribution in [0, 0.1) is 0 Å². The Hall–Kier alpha value is -1.39. The van der Waals surface area contributed by atoms with Gasteiger partial charge in [0.1, 0.15) is 0 Å². The maximum Gasteiger partial charge on any atom is 0.225 e. The number of aromatic nitrogens is 2. The lowest BCUT2D eigenvalue weighted by Gasteiger charge is -2.06. The highest BCUT2D eigenvalue weighted by atomic mass is 35.5. The summed E-state index contributed by atoms with van der Waals surface area (Å²) in [6.45, 7) is 0. The summed E-state index contributed by atoms with van der Waals surface area (Å²) >= 11 is 11.6. The average molecular weight is 298 g/mol. The van der Waals surface area contributed by atoms with Gasteiger partial charge in [0.2, 0.25) is 5.91 Å². The van der Waals surface area contributed by atoms with Crippen LogP contribution in [0.15, 0.2) is 24.3 Å². The number of alkyl halides is 1. The van der Waals surface area contributed by atoms with E-state index in [1.54, 1.807) is 0 Å². The van der Waals surface area contributed by atoms with Gasteiger partial charge in [-0.25, -0.2) is 9.97 Å². The smallest absolute Gasteiger partial charge is 0.225 e. The lowest BCUT2D eigenvalue weighted by molar-refractivity contribution is -0.116. The van der Waals surface area contributed by atoms with Crippen molar-refractivity contribution in [1.29, 1.82) is 0 Å². The van der Waals surface area contributed by atoms with Gasteiger partial charge in [0.25, 0.3) is 0 Å². The Balaban J connectivity index is 2.11. The molecule has 1 aromatic carbocycles. The standard InChI is InChI=1S/C13H13Cl2N3O/c14-8-4-3-7-11(19)18-13-12(15)16-9-5-1-2-6-10(9)17-13/h1-2,5-6H,3-4,7-8H2,(H,17,18,19). The van der Waals surface area contributed by atoms with Gasteiger partial charge in [-0.05, 0) is 25.0 Å². The second kappa shape index (κ2) is 6.68. The minimum Gasteiger partial charge on any atom is -0.308 e. The van der Waals surface area contributed by atoms with Crippen LogP contribution >= 0.6 is 23.2 Å². The maximum absolute atomic E-state index is 11.7. The molecule has 1 amide bonds. The van der Waals surface area contributed by atoms with Crippen molar-refractivity contribution in [2.24, 2.45) is 0 Å². The number of carbonyl (C=O) groups excluding carboxylic acids is 1. The molecular weight excluding hydrogens is 285 g/mol. The van der Waals surface area contributed by atoms with Gasteiger partial charge < -0.3 is 5.32 Å². The summed E-state index contributed by atoms with van der Waals surface area (Å²) in [4.78, 5) is 20.2. The zero-order valence-electron chi connectivity index (χ0n) is 10.2. The molecule has 2 rings (SSSR count). The Morgan fingerprint density at radius 1 is 1.16 bits per heavy atom. The van der Waals surface area contributed by atoms with E-state index in [1.165, 1.54) is 0 Å². The highest BCUT2D eigenvalue weighted by molar-refractivity contribution is 6.32. The molecule has 0 aliphatic rings. The summed E-state index contributed by atoms with van der Waals surface area (Å²) in [5.41, 5.74) is 1.40. The third kappa shape index (κ3) is 3.78. The fourth-order valence-electron chi connectivity index (χ4n) is 1.63. The molecule has 6 heteroatoms. The Morgan fingerprint density at radius 2 is 1.84 bits per heavy atom. The van der Waals surface area contributed by atoms with Crippen molar-refractivity contribution in [3.05, 3.63) is 29.4 Å². The summed E-state index contributed by atoms with van der Waals surface area (Å²) in [5.74, 6) is 0.733. The van der Waals surface area contributed by atoms with Crippen molar-refractivity contribution in [1.82, 2.24) is 9.97 Å². The summed E-state index contributed by atoms with van der Waals surface area (Å²) in [7, 11) is 0. The molecule has 1 heterocycles. The van der Waals surface area contributed by atoms with Gasteiger partial charge in [0.15, 0.2) is 11.0 Å². The highest BCUT2D eigenvalue weighted by Crippen LogP contribution is 2.21. The predicted molar refractivity (Wildman–Crippen MR) is 77.7 cm³/mol. The molecule has 0 saturated heterocycles. The molecule has 4 nitrogen and oxygen atoms in total. The molecule has 0 bridgehead atoms. The number of nitrogens with one attached hydrogen (secondary N) is 1. The normalized spacial score (nSPS) is 10.6. The monoisotopic (exact) mass is 297 g/mol. The number of fused-ring (bicyclic) bond motifs is 1. The van der Waals surface area contributed by atoms with E-state index in [1.807, 2.05) is 24.3 Å². The van der Waals surface area contributed by atoms with Gasteiger partial charge in [0.05, 0.1) is 11.0 Å². The Labute approximate surface area is 121 Å². The number of unbranched alkanes of at least 4 members (excludes halogenated alkanes) is 1. The summed E-state index contributed by atoms with van der Waals surface area (Å²) in [6, 6.07) is 7.36. The first-order valence-electron chi connectivity index (χ1n) is 5.99. The first-order chi connectivity index (χ1) is 9.20. The second-order valence-electron chi connectivity index (χ2n) is 4.05. The number of rotatable bonds is 5. The first-order valence-corrected chi connectivity index (χ1v) is 6.90. The van der Waals surface area contributed by atoms with Crippen molar-refractivity contribution in [2.75, 3.05) is 11.2 Å². The van der Waals surface area contributed by atoms with Crippen LogP contribution in [0.25, 0.3) is 11.0 Å². The number of carbonyl (C=O) groups is 1. The predicted octanol–water partition coefficient (Wildman–Crippen LogP) is 3.63. The molecule has 0 atom stereocenters. The molecule has 0 saturated carbocycles. The minimum absolute atomic E-state index is 0.128. The molecule has 0 aliphatic heterocycles. The summed E-state index contributed by atoms with van der Waals surface area (Å²) in [6.07, 6.45) is 1.96. The molecule has 0 unspecified atom stereocenters. The number of para-hydroxylation sites is 2. The van der Waals surface area contributed by atoms with E-state index in [-0.39, 0.29) is 11.1 Å². The van der Waals surface area contributed by atoms with Gasteiger partial charge in [0, 0.05) is 12.3 Å².